The second kappa shape index (κ2) is 46.3. The van der Waals surface area contributed by atoms with Crippen molar-refractivity contribution in [3.63, 3.8) is 0 Å². The van der Waals surface area contributed by atoms with Gasteiger partial charge in [-0.2, -0.15) is 0 Å². The minimum Gasteiger partial charge on any atom is -0.384 e. The standard InChI is InChI=1S/C21H17N5.C20H16N6.2C15H13N7.C15H13N5.C14H12N8/c22-21(23)18-11-13-19(14-12-18)24-26-25-20-8-4-7-17(15-20)10-9-16-5-2-1-3-6-16;21-19(22)16-9-10-17(15-8-4-3-7-14(15)16)25-26-18-13-6-2-1-5-12(13)11-24-20(18)23;16-14(17)12-6-5-10(8-19-12)21-22-13-11-4-2-1-3-9(11)7-20-15(13)18;16-14(17)10-5-6-12(19-8-10)21-22-13-11-4-2-1-3-9(11)7-20-15(13)18;1-2-11-4-3-5-14(10-11)19-20-18-13-8-6-12(7-9-13)15(16)17;15-12(16)9-6-19-14(20-7-9)22-21-11-10-4-2-1-3-8(10)5-18-13(11)17/h1-8,11-15H,(H3,22,23)(H,24,25);1-11H,(H3,21,22)(H2,23,24);2*1-8H,(H3,16,17)(H2,18,20);1,3-10H,(H3,16,17)(H,18,19);1-7H,(H3,15,16)(H2,17,18). The third kappa shape index (κ3) is 26.0. The molecule has 0 aliphatic heterocycles. The highest BCUT2D eigenvalue weighted by atomic mass is 15.4. The summed E-state index contributed by atoms with van der Waals surface area (Å²) in [5.74, 6) is 10.4. The zero-order valence-electron chi connectivity index (χ0n) is 73.0. The number of rotatable bonds is 20. The Balaban J connectivity index is 0.000000140. The van der Waals surface area contributed by atoms with Gasteiger partial charge in [0.25, 0.3) is 5.95 Å². The molecule has 0 aliphatic carbocycles. The van der Waals surface area contributed by atoms with E-state index in [1.54, 1.807) is 116 Å². The van der Waals surface area contributed by atoms with Gasteiger partial charge in [0, 0.05) is 131 Å². The third-order valence-corrected chi connectivity index (χ3v) is 19.5. The van der Waals surface area contributed by atoms with Crippen LogP contribution in [0.2, 0.25) is 0 Å². The number of nitrogen functional groups attached to an aromatic ring is 10. The topological polar surface area (TPSA) is 679 Å². The molecule has 0 saturated heterocycles. The lowest BCUT2D eigenvalue weighted by atomic mass is 10.0. The molecule has 11 aromatic carbocycles. The Morgan fingerprint density at radius 3 is 1.10 bits per heavy atom. The molecule has 0 aliphatic rings. The molecule has 7 aromatic heterocycles. The maximum atomic E-state index is 7.74. The van der Waals surface area contributed by atoms with Crippen LogP contribution in [-0.4, -0.2) is 74.9 Å². The fraction of sp³-hybridized carbons (Fsp3) is 0. The minimum absolute atomic E-state index is 0.0205. The number of amidine groups is 6. The number of anilines is 6. The van der Waals surface area contributed by atoms with Crippen molar-refractivity contribution in [3.05, 3.63) is 385 Å². The summed E-state index contributed by atoms with van der Waals surface area (Å²) in [6.45, 7) is 0. The van der Waals surface area contributed by atoms with E-state index in [0.29, 0.717) is 102 Å². The summed E-state index contributed by atoms with van der Waals surface area (Å²) in [5.41, 5.74) is 74.0. The van der Waals surface area contributed by atoms with E-state index in [2.05, 4.69) is 130 Å². The van der Waals surface area contributed by atoms with E-state index in [-0.39, 0.29) is 46.8 Å². The fourth-order valence-corrected chi connectivity index (χ4v) is 12.5. The van der Waals surface area contributed by atoms with Crippen molar-refractivity contribution in [2.75, 3.05) is 33.8 Å². The smallest absolute Gasteiger partial charge is 0.268 e. The van der Waals surface area contributed by atoms with E-state index in [9.17, 15) is 0 Å². The van der Waals surface area contributed by atoms with Crippen LogP contribution < -0.4 is 68.2 Å². The van der Waals surface area contributed by atoms with E-state index in [1.165, 1.54) is 24.8 Å². The first-order valence-corrected chi connectivity index (χ1v) is 41.3. The SMILES string of the molecule is C#Cc1cccc(NN=Nc2ccc(C(=N)N)cc2)c1.N=C(N)c1ccc(N=NNc2cccc(C#Cc3ccccc3)c2)cc1.N=C(N)c1ccc(N=Nc2c(N)ncc3ccccc23)c2ccccc12.N=C(N)c1ccc(N=Nc2c(N)ncc3ccccc23)cn1.N=C(N)c1ccc(N=Nc2c(N)ncc3ccccc23)nc1.N=C(N)c1cnc(N=Nc2c(N)ncc3ccccc23)nc1. The van der Waals surface area contributed by atoms with Crippen LogP contribution in [0.25, 0.3) is 53.9 Å². The van der Waals surface area contributed by atoms with E-state index in [0.717, 1.165) is 81.9 Å². The van der Waals surface area contributed by atoms with Crippen LogP contribution in [0.1, 0.15) is 50.2 Å². The summed E-state index contributed by atoms with van der Waals surface area (Å²) in [5, 5.41) is 103. The average Bonchev–Trinajstić information content (AvgIpc) is 0.771. The van der Waals surface area contributed by atoms with Crippen molar-refractivity contribution in [2.24, 2.45) is 96.0 Å². The van der Waals surface area contributed by atoms with Gasteiger partial charge in [-0.1, -0.05) is 180 Å². The minimum atomic E-state index is -0.106. The molecule has 38 heteroatoms. The molecular formula is C100H84N38. The number of aromatic nitrogens is 8. The molecule has 674 valence electrons. The Bertz CT molecular complexity index is 7470. The van der Waals surface area contributed by atoms with Crippen LogP contribution in [0.5, 0.6) is 0 Å². The average molecular weight is 1820 g/mol. The lowest BCUT2D eigenvalue weighted by molar-refractivity contribution is 1.06. The van der Waals surface area contributed by atoms with Gasteiger partial charge in [0.1, 0.15) is 69.1 Å². The molecule has 0 bridgehead atoms. The maximum Gasteiger partial charge on any atom is 0.268 e. The number of benzene rings is 11. The maximum absolute atomic E-state index is 7.74. The summed E-state index contributed by atoms with van der Waals surface area (Å²) in [6, 6.07) is 87.3. The monoisotopic (exact) mass is 1820 g/mol. The molecule has 18 aromatic rings. The van der Waals surface area contributed by atoms with Crippen molar-refractivity contribution in [3.8, 4) is 24.2 Å². The molecule has 138 heavy (non-hydrogen) atoms. The van der Waals surface area contributed by atoms with Crippen molar-refractivity contribution in [2.45, 2.75) is 0 Å². The van der Waals surface area contributed by atoms with Crippen molar-refractivity contribution < 1.29 is 0 Å². The van der Waals surface area contributed by atoms with Crippen molar-refractivity contribution in [1.29, 1.82) is 32.5 Å². The van der Waals surface area contributed by atoms with Crippen molar-refractivity contribution in [1.82, 2.24) is 39.9 Å². The number of azo groups is 4. The number of fused-ring (bicyclic) bond motifs is 5. The lowest BCUT2D eigenvalue weighted by Crippen LogP contribution is -2.12. The Labute approximate surface area is 787 Å². The van der Waals surface area contributed by atoms with Crippen molar-refractivity contribution >= 4 is 181 Å². The molecule has 0 amide bonds. The van der Waals surface area contributed by atoms with Gasteiger partial charge in [-0.3, -0.25) is 48.3 Å². The predicted octanol–water partition coefficient (Wildman–Crippen LogP) is 20.3. The Kier molecular flexibility index (Phi) is 31.8. The summed E-state index contributed by atoms with van der Waals surface area (Å²) < 4.78 is 0. The van der Waals surface area contributed by atoms with Gasteiger partial charge in [0.2, 0.25) is 0 Å². The quantitative estimate of drug-likeness (QED) is 0.0111. The normalized spacial score (nSPS) is 10.8. The summed E-state index contributed by atoms with van der Waals surface area (Å²) in [6.07, 6.45) is 17.9. The first-order valence-electron chi connectivity index (χ1n) is 41.3. The first-order chi connectivity index (χ1) is 67.0. The van der Waals surface area contributed by atoms with Crippen LogP contribution in [-0.2, 0) is 0 Å². The Morgan fingerprint density at radius 1 is 0.275 bits per heavy atom. The third-order valence-electron chi connectivity index (χ3n) is 19.5. The molecule has 28 N–H and O–H groups in total. The zero-order chi connectivity index (χ0) is 97.2. The summed E-state index contributed by atoms with van der Waals surface area (Å²) in [4.78, 5) is 32.6. The highest BCUT2D eigenvalue weighted by molar-refractivity contribution is 6.10. The van der Waals surface area contributed by atoms with Crippen LogP contribution in [0.15, 0.2) is 396 Å². The largest absolute Gasteiger partial charge is 0.384 e. The molecule has 0 radical (unpaired) electrons. The number of hydrogen-bond donors (Lipinski definition) is 18. The number of terminal acetylenes is 1. The number of nitrogens with zero attached hydrogens (tertiary/aromatic N) is 20. The molecule has 0 fully saturated rings. The summed E-state index contributed by atoms with van der Waals surface area (Å²) in [7, 11) is 0. The fourth-order valence-electron chi connectivity index (χ4n) is 12.5. The number of nitrogens with two attached hydrogens (primary N) is 10. The number of nitrogens with one attached hydrogen (secondary N) is 8. The van der Waals surface area contributed by atoms with Crippen LogP contribution in [0.3, 0.4) is 0 Å². The highest BCUT2D eigenvalue weighted by Crippen LogP contribution is 2.38. The molecule has 0 atom stereocenters. The molecule has 18 rings (SSSR count). The van der Waals surface area contributed by atoms with E-state index < -0.39 is 0 Å². The molecule has 7 heterocycles. The van der Waals surface area contributed by atoms with Gasteiger partial charge < -0.3 is 57.3 Å². The molecule has 0 saturated carbocycles. The Morgan fingerprint density at radius 2 is 0.667 bits per heavy atom. The van der Waals surface area contributed by atoms with Crippen LogP contribution in [0, 0.1) is 56.6 Å². The predicted molar refractivity (Wildman–Crippen MR) is 544 cm³/mol. The van der Waals surface area contributed by atoms with Gasteiger partial charge in [-0.15, -0.1) is 57.6 Å². The van der Waals surface area contributed by atoms with E-state index in [1.807, 2.05) is 194 Å². The molecule has 0 spiro atoms. The van der Waals surface area contributed by atoms with Gasteiger partial charge >= 0.3 is 0 Å². The van der Waals surface area contributed by atoms with Gasteiger partial charge in [0.05, 0.1) is 40.2 Å². The van der Waals surface area contributed by atoms with Gasteiger partial charge in [-0.25, -0.2) is 34.9 Å². The van der Waals surface area contributed by atoms with E-state index in [4.69, 9.17) is 96.2 Å². The van der Waals surface area contributed by atoms with Crippen LogP contribution >= 0.6 is 0 Å². The number of pyridine rings is 6. The Hall–Kier alpha value is -21.0. The molecule has 38 nitrogen and oxygen atoms in total. The number of hydrogen-bond acceptors (Lipinski definition) is 30. The highest BCUT2D eigenvalue weighted by Gasteiger charge is 2.14. The van der Waals surface area contributed by atoms with Crippen LogP contribution in [0.4, 0.5) is 91.9 Å². The second-order valence-electron chi connectivity index (χ2n) is 29.0. The van der Waals surface area contributed by atoms with Gasteiger partial charge in [0.15, 0.2) is 29.1 Å². The molecular weight excluding hydrogens is 1730 g/mol. The molecule has 0 unspecified atom stereocenters. The van der Waals surface area contributed by atoms with Gasteiger partial charge in [-0.05, 0) is 139 Å². The zero-order valence-corrected chi connectivity index (χ0v) is 73.0. The van der Waals surface area contributed by atoms with E-state index >= 15 is 0 Å². The lowest BCUT2D eigenvalue weighted by Gasteiger charge is -2.07. The first kappa shape index (κ1) is 94.6. The second-order valence-corrected chi connectivity index (χ2v) is 29.0. The summed E-state index contributed by atoms with van der Waals surface area (Å²) >= 11 is 0.